The third-order valence-corrected chi connectivity index (χ3v) is 7.21. The first-order valence-electron chi connectivity index (χ1n) is 13.8. The molecule has 232 valence electrons. The number of carbonyl (C=O) groups is 1. The molecule has 0 saturated heterocycles. The van der Waals surface area contributed by atoms with Crippen LogP contribution >= 0.6 is 7.82 Å². The Hall–Kier alpha value is -1.44. The molecule has 1 rings (SSSR count). The lowest BCUT2D eigenvalue weighted by Gasteiger charge is -2.41. The smallest absolute Gasteiger partial charge is 0.463 e. The molecule has 8 atom stereocenters. The van der Waals surface area contributed by atoms with Crippen molar-refractivity contribution >= 4 is 13.8 Å². The number of hydrogen-bond acceptors (Lipinski definition) is 11. The molecule has 0 bridgehead atoms. The lowest BCUT2D eigenvalue weighted by molar-refractivity contribution is -0.220. The number of phosphoric ester groups is 1. The fourth-order valence-corrected chi connectivity index (χ4v) is 4.86. The van der Waals surface area contributed by atoms with Crippen molar-refractivity contribution in [1.29, 1.82) is 0 Å². The largest absolute Gasteiger partial charge is 0.472 e. The third kappa shape index (κ3) is 15.0. The van der Waals surface area contributed by atoms with Crippen LogP contribution in [-0.2, 0) is 23.1 Å². The van der Waals surface area contributed by atoms with Gasteiger partial charge in [-0.05, 0) is 38.5 Å². The molecule has 0 aromatic carbocycles. The van der Waals surface area contributed by atoms with Crippen molar-refractivity contribution in [2.45, 2.75) is 114 Å². The van der Waals surface area contributed by atoms with Crippen LogP contribution in [0.2, 0.25) is 0 Å². The van der Waals surface area contributed by atoms with Gasteiger partial charge < -0.3 is 40.3 Å². The number of aliphatic hydroxyl groups excluding tert-OH is 6. The van der Waals surface area contributed by atoms with Crippen LogP contribution in [0, 0.1) is 0 Å². The molecule has 7 N–H and O–H groups in total. The van der Waals surface area contributed by atoms with E-state index < -0.39 is 69.7 Å². The first kappa shape index (κ1) is 36.6. The van der Waals surface area contributed by atoms with E-state index in [1.54, 1.807) is 0 Å². The normalized spacial score (nSPS) is 27.9. The van der Waals surface area contributed by atoms with Crippen LogP contribution in [-0.4, -0.2) is 97.4 Å². The van der Waals surface area contributed by atoms with Gasteiger partial charge >= 0.3 is 13.8 Å². The maximum Gasteiger partial charge on any atom is 0.472 e. The van der Waals surface area contributed by atoms with E-state index in [1.807, 2.05) is 0 Å². The number of allylic oxidation sites excluding steroid dienone is 6. The van der Waals surface area contributed by atoms with E-state index in [9.17, 15) is 44.9 Å². The Bertz CT molecular complexity index is 816. The summed E-state index contributed by atoms with van der Waals surface area (Å²) in [5.74, 6) is -0.529. The second kappa shape index (κ2) is 20.4. The Morgan fingerprint density at radius 3 is 1.93 bits per heavy atom. The van der Waals surface area contributed by atoms with E-state index in [2.05, 4.69) is 52.4 Å². The van der Waals surface area contributed by atoms with Gasteiger partial charge in [0.05, 0.1) is 6.61 Å². The summed E-state index contributed by atoms with van der Waals surface area (Å²) >= 11 is 0. The number of hydrogen-bond donors (Lipinski definition) is 7. The van der Waals surface area contributed by atoms with Gasteiger partial charge in [-0.15, -0.1) is 0 Å². The Labute approximate surface area is 236 Å². The number of rotatable bonds is 20. The molecule has 0 amide bonds. The van der Waals surface area contributed by atoms with Crippen molar-refractivity contribution in [2.24, 2.45) is 0 Å². The number of unbranched alkanes of at least 4 members (excludes halogenated alkanes) is 5. The summed E-state index contributed by atoms with van der Waals surface area (Å²) in [5.41, 5.74) is 0. The number of ether oxygens (including phenoxy) is 1. The number of phosphoric acid groups is 1. The Kier molecular flexibility index (Phi) is 18.7. The van der Waals surface area contributed by atoms with Crippen LogP contribution in [0.15, 0.2) is 36.5 Å². The molecular formula is C27H47O12P. The second-order valence-electron chi connectivity index (χ2n) is 9.72. The van der Waals surface area contributed by atoms with Gasteiger partial charge in [0.1, 0.15) is 49.3 Å². The van der Waals surface area contributed by atoms with Crippen molar-refractivity contribution in [1.82, 2.24) is 0 Å². The zero-order valence-corrected chi connectivity index (χ0v) is 24.0. The molecule has 1 fully saturated rings. The van der Waals surface area contributed by atoms with Crippen LogP contribution in [0.4, 0.5) is 0 Å². The highest BCUT2D eigenvalue weighted by molar-refractivity contribution is 7.47. The van der Waals surface area contributed by atoms with Gasteiger partial charge in [0.2, 0.25) is 0 Å². The lowest BCUT2D eigenvalue weighted by Crippen LogP contribution is -2.64. The molecular weight excluding hydrogens is 547 g/mol. The standard InChI is InChI=1S/C27H47O12P/c1-2-3-4-5-6-7-8-9-10-11-12-13-14-15-16-17-21(29)37-18-20(28)19-38-40(35,36)39-27-25(33)23(31)22(30)24(32)26(27)34/h3-4,6-7,9-10,20,22-28,30-34H,2,5,8,11-19H2,1H3,(H,35,36)/b4-3-,7-6-,10-9-/t20-,22?,23-,24?,25?,26?,27?/m1/s1. The number of carbonyl (C=O) groups excluding carboxylic acids is 1. The Balaban J connectivity index is 2.12. The van der Waals surface area contributed by atoms with Crippen molar-refractivity contribution in [3.05, 3.63) is 36.5 Å². The summed E-state index contributed by atoms with van der Waals surface area (Å²) in [6.07, 6.45) is 8.52. The highest BCUT2D eigenvalue weighted by Gasteiger charge is 2.51. The SMILES string of the molecule is CC/C=C\C/C=C\C/C=C\CCCCCCCC(=O)OC[C@@H](O)COP(=O)(O)OC1C(O)C(O)C(O)[C@@H](O)C1O. The monoisotopic (exact) mass is 594 g/mol. The zero-order chi connectivity index (χ0) is 30.0. The van der Waals surface area contributed by atoms with Crippen molar-refractivity contribution in [3.8, 4) is 0 Å². The molecule has 40 heavy (non-hydrogen) atoms. The first-order valence-corrected chi connectivity index (χ1v) is 15.3. The first-order chi connectivity index (χ1) is 19.0. The fourth-order valence-electron chi connectivity index (χ4n) is 3.88. The Morgan fingerprint density at radius 2 is 1.30 bits per heavy atom. The Morgan fingerprint density at radius 1 is 0.775 bits per heavy atom. The molecule has 12 nitrogen and oxygen atoms in total. The van der Waals surface area contributed by atoms with E-state index in [0.717, 1.165) is 51.4 Å². The van der Waals surface area contributed by atoms with Crippen LogP contribution in [0.25, 0.3) is 0 Å². The highest BCUT2D eigenvalue weighted by atomic mass is 31.2. The quantitative estimate of drug-likeness (QED) is 0.0467. The number of aliphatic hydroxyl groups is 6. The molecule has 6 unspecified atom stereocenters. The van der Waals surface area contributed by atoms with Gasteiger partial charge in [0, 0.05) is 6.42 Å². The van der Waals surface area contributed by atoms with E-state index in [1.165, 1.54) is 0 Å². The van der Waals surface area contributed by atoms with Crippen LogP contribution in [0.5, 0.6) is 0 Å². The molecule has 0 heterocycles. The summed E-state index contributed by atoms with van der Waals surface area (Å²) in [4.78, 5) is 21.7. The molecule has 0 radical (unpaired) electrons. The van der Waals surface area contributed by atoms with Crippen molar-refractivity contribution in [2.75, 3.05) is 13.2 Å². The third-order valence-electron chi connectivity index (χ3n) is 6.23. The minimum absolute atomic E-state index is 0.169. The summed E-state index contributed by atoms with van der Waals surface area (Å²) < 4.78 is 26.3. The van der Waals surface area contributed by atoms with Gasteiger partial charge in [0.25, 0.3) is 0 Å². The van der Waals surface area contributed by atoms with Gasteiger partial charge in [-0.1, -0.05) is 62.6 Å². The second-order valence-corrected chi connectivity index (χ2v) is 11.1. The van der Waals surface area contributed by atoms with Crippen LogP contribution < -0.4 is 0 Å². The lowest BCUT2D eigenvalue weighted by atomic mass is 9.85. The molecule has 1 saturated carbocycles. The number of esters is 1. The molecule has 13 heteroatoms. The summed E-state index contributed by atoms with van der Waals surface area (Å²) in [6.45, 7) is 0.839. The van der Waals surface area contributed by atoms with E-state index in [-0.39, 0.29) is 6.42 Å². The average molecular weight is 595 g/mol. The van der Waals surface area contributed by atoms with Gasteiger partial charge in [0.15, 0.2) is 0 Å². The molecule has 0 aromatic heterocycles. The fraction of sp³-hybridized carbons (Fsp3) is 0.741. The van der Waals surface area contributed by atoms with Crippen LogP contribution in [0.1, 0.15) is 71.1 Å². The van der Waals surface area contributed by atoms with Gasteiger partial charge in [-0.2, -0.15) is 0 Å². The van der Waals surface area contributed by atoms with E-state index in [0.29, 0.717) is 6.42 Å². The maximum atomic E-state index is 12.1. The maximum absolute atomic E-state index is 12.1. The van der Waals surface area contributed by atoms with Gasteiger partial charge in [-0.25, -0.2) is 4.57 Å². The minimum Gasteiger partial charge on any atom is -0.463 e. The van der Waals surface area contributed by atoms with E-state index in [4.69, 9.17) is 4.74 Å². The molecule has 0 aliphatic heterocycles. The van der Waals surface area contributed by atoms with E-state index >= 15 is 0 Å². The molecule has 1 aliphatic carbocycles. The molecule has 1 aliphatic rings. The minimum atomic E-state index is -4.99. The average Bonchev–Trinajstić information content (AvgIpc) is 2.93. The predicted octanol–water partition coefficient (Wildman–Crippen LogP) is 1.80. The van der Waals surface area contributed by atoms with Gasteiger partial charge in [-0.3, -0.25) is 13.8 Å². The topological polar surface area (TPSA) is 203 Å². The summed E-state index contributed by atoms with van der Waals surface area (Å²) in [6, 6.07) is 0. The summed E-state index contributed by atoms with van der Waals surface area (Å²) in [5, 5.41) is 58.5. The molecule has 0 spiro atoms. The van der Waals surface area contributed by atoms with Crippen molar-refractivity contribution in [3.63, 3.8) is 0 Å². The highest BCUT2D eigenvalue weighted by Crippen LogP contribution is 2.47. The van der Waals surface area contributed by atoms with Crippen LogP contribution in [0.3, 0.4) is 0 Å². The zero-order valence-electron chi connectivity index (χ0n) is 23.1. The summed E-state index contributed by atoms with van der Waals surface area (Å²) in [7, 11) is -4.99. The molecule has 0 aromatic rings. The predicted molar refractivity (Wildman–Crippen MR) is 147 cm³/mol. The van der Waals surface area contributed by atoms with Crippen molar-refractivity contribution < 1.29 is 58.7 Å².